The molecule has 0 heterocycles. The predicted octanol–water partition coefficient (Wildman–Crippen LogP) is 11.4. The van der Waals surface area contributed by atoms with Gasteiger partial charge in [0.05, 0.1) is 0 Å². The molecule has 0 saturated heterocycles. The van der Waals surface area contributed by atoms with E-state index in [1.54, 1.807) is 6.08 Å². The van der Waals surface area contributed by atoms with E-state index < -0.39 is 0 Å². The van der Waals surface area contributed by atoms with Crippen molar-refractivity contribution in [2.24, 2.45) is 0 Å². The van der Waals surface area contributed by atoms with Crippen molar-refractivity contribution in [1.82, 2.24) is 0 Å². The van der Waals surface area contributed by atoms with Crippen LogP contribution in [0.3, 0.4) is 0 Å². The molecule has 0 fully saturated rings. The molecule has 0 N–H and O–H groups in total. The first-order valence-corrected chi connectivity index (χ1v) is 11.0. The van der Waals surface area contributed by atoms with Crippen LogP contribution in [0.25, 0.3) is 5.57 Å². The second-order valence-electron chi connectivity index (χ2n) is 7.57. The molecule has 0 aliphatic heterocycles. The largest absolute Gasteiger partial charge is 0.0993 e. The van der Waals surface area contributed by atoms with Crippen molar-refractivity contribution in [3.05, 3.63) is 77.9 Å². The van der Waals surface area contributed by atoms with Gasteiger partial charge in [-0.1, -0.05) is 145 Å². The average molecular weight is 431 g/mol. The Morgan fingerprint density at radius 3 is 1.90 bits per heavy atom. The quantitative estimate of drug-likeness (QED) is 0.284. The van der Waals surface area contributed by atoms with Crippen molar-refractivity contribution < 1.29 is 0 Å². The fourth-order valence-electron chi connectivity index (χ4n) is 2.59. The van der Waals surface area contributed by atoms with E-state index in [4.69, 9.17) is 0 Å². The van der Waals surface area contributed by atoms with Crippen LogP contribution in [-0.4, -0.2) is 0 Å². The van der Waals surface area contributed by atoms with Crippen LogP contribution in [0, 0.1) is 0 Å². The molecule has 182 valence electrons. The van der Waals surface area contributed by atoms with Crippen molar-refractivity contribution in [2.45, 2.75) is 116 Å². The minimum atomic E-state index is -0.0329. The van der Waals surface area contributed by atoms with Crippen LogP contribution in [0.15, 0.2) is 61.2 Å². The topological polar surface area (TPSA) is 0 Å². The Morgan fingerprint density at radius 2 is 1.48 bits per heavy atom. The molecule has 1 rings (SSSR count). The standard InChI is InChI=1S/C23H32.C3H8.C2H6.3CH4/c1-8-10-12-13-19(5)21-16-15-20(14-11-9-2)17-22(21)23(6,7)18(3)4;1-3-2;1-2;;;/h8,10,12-13,15-17H,1,3,9,11,14H2,2,4-7H3;3H2,1-2H3;1-2H3;3*1H4/b12-10-,19-13+;;;;;. The molecular weight excluding hydrogens is 372 g/mol. The number of hydrogen-bond acceptors (Lipinski definition) is 0. The van der Waals surface area contributed by atoms with Gasteiger partial charge in [0.25, 0.3) is 0 Å². The monoisotopic (exact) mass is 430 g/mol. The van der Waals surface area contributed by atoms with E-state index in [2.05, 4.69) is 85.9 Å². The highest BCUT2D eigenvalue weighted by molar-refractivity contribution is 5.70. The predicted molar refractivity (Wildman–Crippen MR) is 153 cm³/mol. The van der Waals surface area contributed by atoms with Crippen LogP contribution in [0.5, 0.6) is 0 Å². The van der Waals surface area contributed by atoms with E-state index >= 15 is 0 Å². The number of unbranched alkanes of at least 4 members (excludes halogenated alkanes) is 1. The average Bonchev–Trinajstić information content (AvgIpc) is 2.68. The zero-order chi connectivity index (χ0) is 22.2. The van der Waals surface area contributed by atoms with Crippen LogP contribution in [0.2, 0.25) is 0 Å². The molecule has 0 nitrogen and oxygen atoms in total. The summed E-state index contributed by atoms with van der Waals surface area (Å²) in [7, 11) is 0. The Kier molecular flexibility index (Phi) is 29.2. The van der Waals surface area contributed by atoms with Crippen molar-refractivity contribution in [3.63, 3.8) is 0 Å². The molecule has 1 aromatic carbocycles. The molecule has 0 amide bonds. The highest BCUT2D eigenvalue weighted by atomic mass is 14.3. The molecule has 0 aliphatic rings. The lowest BCUT2D eigenvalue weighted by Gasteiger charge is -2.29. The highest BCUT2D eigenvalue weighted by Gasteiger charge is 2.25. The summed E-state index contributed by atoms with van der Waals surface area (Å²) in [5, 5.41) is 0. The lowest BCUT2D eigenvalue weighted by atomic mass is 9.75. The lowest BCUT2D eigenvalue weighted by Crippen LogP contribution is -2.20. The SMILES string of the molecule is C.C.C.C=C/C=C\C=C(/C)c1ccc(CCCC)cc1C(C)(C)C(=C)C.CC.CCC. The Morgan fingerprint density at radius 1 is 0.968 bits per heavy atom. The van der Waals surface area contributed by atoms with Gasteiger partial charge < -0.3 is 0 Å². The van der Waals surface area contributed by atoms with Crippen LogP contribution >= 0.6 is 0 Å². The third-order valence-electron chi connectivity index (χ3n) is 4.66. The summed E-state index contributed by atoms with van der Waals surface area (Å²) >= 11 is 0. The zero-order valence-electron chi connectivity index (χ0n) is 20.3. The number of allylic oxidation sites excluding steroid dienone is 6. The van der Waals surface area contributed by atoms with E-state index in [0.717, 1.165) is 6.42 Å². The fraction of sp³-hybridized carbons (Fsp3) is 0.548. The molecule has 31 heavy (non-hydrogen) atoms. The van der Waals surface area contributed by atoms with Gasteiger partial charge in [0.1, 0.15) is 0 Å². The van der Waals surface area contributed by atoms with Gasteiger partial charge in [0.15, 0.2) is 0 Å². The van der Waals surface area contributed by atoms with Crippen molar-refractivity contribution in [2.75, 3.05) is 0 Å². The maximum absolute atomic E-state index is 4.22. The maximum atomic E-state index is 4.22. The zero-order valence-corrected chi connectivity index (χ0v) is 20.3. The van der Waals surface area contributed by atoms with Gasteiger partial charge >= 0.3 is 0 Å². The molecule has 1 aromatic rings. The number of hydrogen-bond donors (Lipinski definition) is 0. The number of rotatable bonds is 8. The molecule has 0 saturated carbocycles. The lowest BCUT2D eigenvalue weighted by molar-refractivity contribution is 0.622. The normalized spacial score (nSPS) is 10.2. The Balaban J connectivity index is -0.000000258. The maximum Gasteiger partial charge on any atom is 0.0106 e. The summed E-state index contributed by atoms with van der Waals surface area (Å²) in [4.78, 5) is 0. The second-order valence-corrected chi connectivity index (χ2v) is 7.57. The third kappa shape index (κ3) is 14.8. The summed E-state index contributed by atoms with van der Waals surface area (Å²) in [6.07, 6.45) is 12.8. The van der Waals surface area contributed by atoms with Crippen LogP contribution < -0.4 is 0 Å². The first kappa shape index (κ1) is 39.6. The van der Waals surface area contributed by atoms with Gasteiger partial charge in [-0.3, -0.25) is 0 Å². The van der Waals surface area contributed by atoms with Gasteiger partial charge in [-0.2, -0.15) is 0 Å². The molecular formula is C31H58. The highest BCUT2D eigenvalue weighted by Crippen LogP contribution is 2.36. The van der Waals surface area contributed by atoms with Gasteiger partial charge in [-0.15, -0.1) is 0 Å². The van der Waals surface area contributed by atoms with Gasteiger partial charge in [-0.05, 0) is 49.0 Å². The number of benzene rings is 1. The first-order valence-electron chi connectivity index (χ1n) is 11.0. The molecule has 0 aromatic heterocycles. The Labute approximate surface area is 199 Å². The summed E-state index contributed by atoms with van der Waals surface area (Å²) in [6.45, 7) is 27.3. The fourth-order valence-corrected chi connectivity index (χ4v) is 2.59. The third-order valence-corrected chi connectivity index (χ3v) is 4.66. The minimum Gasteiger partial charge on any atom is -0.0993 e. The summed E-state index contributed by atoms with van der Waals surface area (Å²) in [5.41, 5.74) is 6.55. The van der Waals surface area contributed by atoms with E-state index in [9.17, 15) is 0 Å². The summed E-state index contributed by atoms with van der Waals surface area (Å²) in [5.74, 6) is 0. The second kappa shape index (κ2) is 22.9. The smallest absolute Gasteiger partial charge is 0.0106 e. The van der Waals surface area contributed by atoms with E-state index in [-0.39, 0.29) is 27.7 Å². The Bertz CT molecular complexity index is 623. The van der Waals surface area contributed by atoms with E-state index in [1.165, 1.54) is 47.1 Å². The summed E-state index contributed by atoms with van der Waals surface area (Å²) < 4.78 is 0. The molecule has 0 unspecified atom stereocenters. The minimum absolute atomic E-state index is 0. The summed E-state index contributed by atoms with van der Waals surface area (Å²) in [6, 6.07) is 6.93. The van der Waals surface area contributed by atoms with Gasteiger partial charge in [-0.25, -0.2) is 0 Å². The first-order chi connectivity index (χ1) is 13.3. The molecule has 0 aliphatic carbocycles. The van der Waals surface area contributed by atoms with Crippen LogP contribution in [0.1, 0.15) is 121 Å². The number of aryl methyl sites for hydroxylation is 1. The molecule has 0 heteroatoms. The molecule has 0 atom stereocenters. The van der Waals surface area contributed by atoms with Crippen LogP contribution in [0.4, 0.5) is 0 Å². The van der Waals surface area contributed by atoms with Crippen molar-refractivity contribution >= 4 is 5.57 Å². The van der Waals surface area contributed by atoms with Crippen molar-refractivity contribution in [3.8, 4) is 0 Å². The van der Waals surface area contributed by atoms with Crippen LogP contribution in [-0.2, 0) is 11.8 Å². The Hall–Kier alpha value is -1.82. The van der Waals surface area contributed by atoms with E-state index in [1.807, 2.05) is 26.0 Å². The molecule has 0 spiro atoms. The molecule has 0 bridgehead atoms. The van der Waals surface area contributed by atoms with Crippen molar-refractivity contribution in [1.29, 1.82) is 0 Å². The molecule has 0 radical (unpaired) electrons. The van der Waals surface area contributed by atoms with E-state index in [0.29, 0.717) is 0 Å². The van der Waals surface area contributed by atoms with Gasteiger partial charge in [0.2, 0.25) is 0 Å². The van der Waals surface area contributed by atoms with Gasteiger partial charge in [0, 0.05) is 5.41 Å².